The van der Waals surface area contributed by atoms with Crippen molar-refractivity contribution in [2.45, 2.75) is 19.5 Å². The van der Waals surface area contributed by atoms with E-state index in [1.807, 2.05) is 36.3 Å². The smallest absolute Gasteiger partial charge is 0.226 e. The number of benzene rings is 1. The maximum absolute atomic E-state index is 12.0. The molecule has 0 aliphatic heterocycles. The second kappa shape index (κ2) is 6.93. The van der Waals surface area contributed by atoms with Crippen molar-refractivity contribution in [2.75, 3.05) is 14.1 Å². The Morgan fingerprint density at radius 1 is 1.26 bits per heavy atom. The molecule has 0 aliphatic carbocycles. The molecule has 3 aromatic rings. The molecule has 0 spiro atoms. The van der Waals surface area contributed by atoms with Crippen molar-refractivity contribution in [3.05, 3.63) is 58.9 Å². The topological polar surface area (TPSA) is 49.6 Å². The van der Waals surface area contributed by atoms with Crippen LogP contribution in [0, 0.1) is 0 Å². The Morgan fingerprint density at radius 3 is 2.70 bits per heavy atom. The van der Waals surface area contributed by atoms with Crippen LogP contribution in [0.4, 0.5) is 0 Å². The summed E-state index contributed by atoms with van der Waals surface area (Å²) < 4.78 is 1.94. The highest BCUT2D eigenvalue weighted by atomic mass is 32.1. The first-order chi connectivity index (χ1) is 11.1. The fourth-order valence-electron chi connectivity index (χ4n) is 2.42. The molecule has 5 nitrogen and oxygen atoms in total. The van der Waals surface area contributed by atoms with Gasteiger partial charge in [-0.3, -0.25) is 9.20 Å². The number of carbonyl (C=O) groups excluding carboxylic acids is 1. The number of amides is 1. The van der Waals surface area contributed by atoms with E-state index in [9.17, 15) is 4.79 Å². The van der Waals surface area contributed by atoms with E-state index in [2.05, 4.69) is 39.5 Å². The van der Waals surface area contributed by atoms with Gasteiger partial charge < -0.3 is 10.2 Å². The molecule has 0 aliphatic rings. The zero-order valence-electron chi connectivity index (χ0n) is 13.3. The van der Waals surface area contributed by atoms with Crippen LogP contribution in [0.15, 0.2) is 42.0 Å². The molecule has 0 radical (unpaired) electrons. The van der Waals surface area contributed by atoms with Gasteiger partial charge in [0.15, 0.2) is 4.96 Å². The molecule has 120 valence electrons. The monoisotopic (exact) mass is 328 g/mol. The fourth-order valence-corrected chi connectivity index (χ4v) is 3.14. The summed E-state index contributed by atoms with van der Waals surface area (Å²) in [4.78, 5) is 19.5. The van der Waals surface area contributed by atoms with Gasteiger partial charge >= 0.3 is 0 Å². The first-order valence-electron chi connectivity index (χ1n) is 7.50. The summed E-state index contributed by atoms with van der Waals surface area (Å²) in [5.74, 6) is -0.00637. The molecule has 6 heteroatoms. The Morgan fingerprint density at radius 2 is 2.00 bits per heavy atom. The third-order valence-electron chi connectivity index (χ3n) is 3.50. The quantitative estimate of drug-likeness (QED) is 0.755. The number of imidazole rings is 1. The Hall–Kier alpha value is -2.18. The van der Waals surface area contributed by atoms with E-state index in [1.165, 1.54) is 5.56 Å². The highest BCUT2D eigenvalue weighted by Crippen LogP contribution is 2.11. The average molecular weight is 328 g/mol. The summed E-state index contributed by atoms with van der Waals surface area (Å²) in [6, 6.07) is 8.33. The van der Waals surface area contributed by atoms with Gasteiger partial charge in [0.25, 0.3) is 0 Å². The van der Waals surface area contributed by atoms with Gasteiger partial charge in [0.05, 0.1) is 12.1 Å². The van der Waals surface area contributed by atoms with Gasteiger partial charge in [0.1, 0.15) is 0 Å². The lowest BCUT2D eigenvalue weighted by Crippen LogP contribution is -2.24. The number of carbonyl (C=O) groups is 1. The van der Waals surface area contributed by atoms with Gasteiger partial charge in [-0.15, -0.1) is 11.3 Å². The van der Waals surface area contributed by atoms with E-state index in [0.29, 0.717) is 13.0 Å². The lowest BCUT2D eigenvalue weighted by molar-refractivity contribution is -0.120. The lowest BCUT2D eigenvalue weighted by Gasteiger charge is -2.10. The summed E-state index contributed by atoms with van der Waals surface area (Å²) in [6.07, 6.45) is 4.16. The van der Waals surface area contributed by atoms with Crippen LogP contribution in [0.1, 0.15) is 16.8 Å². The molecule has 1 amide bonds. The maximum atomic E-state index is 12.0. The number of nitrogens with zero attached hydrogens (tertiary/aromatic N) is 3. The van der Waals surface area contributed by atoms with Crippen molar-refractivity contribution in [2.24, 2.45) is 0 Å². The third-order valence-corrected chi connectivity index (χ3v) is 4.27. The molecule has 0 fully saturated rings. The van der Waals surface area contributed by atoms with Crippen molar-refractivity contribution in [3.63, 3.8) is 0 Å². The third kappa shape index (κ3) is 4.18. The van der Waals surface area contributed by atoms with Crippen LogP contribution >= 0.6 is 11.3 Å². The molecule has 0 saturated heterocycles. The van der Waals surface area contributed by atoms with Crippen LogP contribution in [-0.2, 0) is 24.3 Å². The molecule has 0 unspecified atom stereocenters. The van der Waals surface area contributed by atoms with E-state index in [0.717, 1.165) is 22.8 Å². The lowest BCUT2D eigenvalue weighted by atomic mass is 10.1. The number of fused-ring (bicyclic) bond motifs is 1. The Kier molecular flexibility index (Phi) is 4.73. The molecular formula is C17H20N4OS. The fraction of sp³-hybridized carbons (Fsp3) is 0.294. The minimum atomic E-state index is -0.00637. The molecule has 23 heavy (non-hydrogen) atoms. The van der Waals surface area contributed by atoms with E-state index >= 15 is 0 Å². The van der Waals surface area contributed by atoms with Crippen LogP contribution in [0.3, 0.4) is 0 Å². The molecule has 0 bridgehead atoms. The molecule has 0 atom stereocenters. The number of hydrogen-bond acceptors (Lipinski definition) is 4. The number of rotatable bonds is 6. The second-order valence-electron chi connectivity index (χ2n) is 5.83. The van der Waals surface area contributed by atoms with Crippen LogP contribution in [0.5, 0.6) is 0 Å². The molecule has 1 aromatic carbocycles. The number of thiazole rings is 1. The van der Waals surface area contributed by atoms with Gasteiger partial charge in [-0.1, -0.05) is 24.3 Å². The summed E-state index contributed by atoms with van der Waals surface area (Å²) >= 11 is 1.57. The van der Waals surface area contributed by atoms with Gasteiger partial charge in [-0.25, -0.2) is 4.98 Å². The minimum absolute atomic E-state index is 0.00637. The Bertz CT molecular complexity index is 760. The van der Waals surface area contributed by atoms with E-state index in [-0.39, 0.29) is 5.91 Å². The summed E-state index contributed by atoms with van der Waals surface area (Å²) in [7, 11) is 4.10. The molecule has 2 heterocycles. The second-order valence-corrected chi connectivity index (χ2v) is 6.71. The van der Waals surface area contributed by atoms with E-state index in [1.54, 1.807) is 11.3 Å². The predicted molar refractivity (Wildman–Crippen MR) is 92.5 cm³/mol. The summed E-state index contributed by atoms with van der Waals surface area (Å²) in [5.41, 5.74) is 3.17. The number of aromatic nitrogens is 2. The molecular weight excluding hydrogens is 308 g/mol. The predicted octanol–water partition coefficient (Wildman–Crippen LogP) is 2.32. The van der Waals surface area contributed by atoms with Crippen molar-refractivity contribution in [1.82, 2.24) is 19.6 Å². The standard InChI is InChI=1S/C17H20N4OS/c1-20(2)11-14-5-3-13(4-6-14)10-18-16(22)9-15-12-21-7-8-23-17(21)19-15/h3-8,12H,9-11H2,1-2H3,(H,18,22). The largest absolute Gasteiger partial charge is 0.352 e. The van der Waals surface area contributed by atoms with Gasteiger partial charge in [0, 0.05) is 30.9 Å². The van der Waals surface area contributed by atoms with Crippen molar-refractivity contribution >= 4 is 22.2 Å². The van der Waals surface area contributed by atoms with Crippen molar-refractivity contribution in [1.29, 1.82) is 0 Å². The van der Waals surface area contributed by atoms with Crippen LogP contribution in [0.2, 0.25) is 0 Å². The van der Waals surface area contributed by atoms with Gasteiger partial charge in [0.2, 0.25) is 5.91 Å². The number of nitrogens with one attached hydrogen (secondary N) is 1. The maximum Gasteiger partial charge on any atom is 0.226 e. The highest BCUT2D eigenvalue weighted by molar-refractivity contribution is 7.15. The SMILES string of the molecule is CN(C)Cc1ccc(CNC(=O)Cc2cn3ccsc3n2)cc1. The van der Waals surface area contributed by atoms with E-state index in [4.69, 9.17) is 0 Å². The first-order valence-corrected chi connectivity index (χ1v) is 8.38. The zero-order valence-corrected chi connectivity index (χ0v) is 14.1. The van der Waals surface area contributed by atoms with Gasteiger partial charge in [-0.2, -0.15) is 0 Å². The minimum Gasteiger partial charge on any atom is -0.352 e. The Balaban J connectivity index is 1.51. The van der Waals surface area contributed by atoms with Crippen LogP contribution < -0.4 is 5.32 Å². The normalized spacial score (nSPS) is 11.3. The molecule has 3 rings (SSSR count). The zero-order chi connectivity index (χ0) is 16.2. The highest BCUT2D eigenvalue weighted by Gasteiger charge is 2.08. The molecule has 0 saturated carbocycles. The Labute approximate surface area is 139 Å². The van der Waals surface area contributed by atoms with Crippen molar-refractivity contribution < 1.29 is 4.79 Å². The summed E-state index contributed by atoms with van der Waals surface area (Å²) in [5, 5.41) is 4.93. The number of hydrogen-bond donors (Lipinski definition) is 1. The molecule has 2 aromatic heterocycles. The van der Waals surface area contributed by atoms with Gasteiger partial charge in [-0.05, 0) is 25.2 Å². The first kappa shape index (κ1) is 15.7. The van der Waals surface area contributed by atoms with Crippen LogP contribution in [0.25, 0.3) is 4.96 Å². The van der Waals surface area contributed by atoms with Crippen molar-refractivity contribution in [3.8, 4) is 0 Å². The van der Waals surface area contributed by atoms with E-state index < -0.39 is 0 Å². The van der Waals surface area contributed by atoms with Crippen LogP contribution in [-0.4, -0.2) is 34.3 Å². The average Bonchev–Trinajstić information content (AvgIpc) is 3.07. The summed E-state index contributed by atoms with van der Waals surface area (Å²) in [6.45, 7) is 1.47. The molecule has 1 N–H and O–H groups in total.